The number of rotatable bonds is 18. The number of hydrogen-bond donors (Lipinski definition) is 5. The van der Waals surface area contributed by atoms with Crippen molar-refractivity contribution < 1.29 is 38.3 Å². The average molecular weight is 714 g/mol. The molecule has 2 saturated heterocycles. The Kier molecular flexibility index (Phi) is 16.2. The number of carbonyl (C=O) groups excluding carboxylic acids is 7. The number of likely N-dealkylation sites (tertiary alicyclic amines) is 2. The summed E-state index contributed by atoms with van der Waals surface area (Å²) in [6.45, 7) is 9.45. The smallest absolute Gasteiger partial charge is 0.410 e. The third kappa shape index (κ3) is 13.5. The van der Waals surface area contributed by atoms with Crippen LogP contribution in [0, 0.1) is 17.8 Å². The quantitative estimate of drug-likeness (QED) is 0.113. The number of piperidine rings is 1. The van der Waals surface area contributed by atoms with Crippen LogP contribution in [0.1, 0.15) is 91.0 Å². The number of imide groups is 1. The zero-order chi connectivity index (χ0) is 37.5. The van der Waals surface area contributed by atoms with Crippen molar-refractivity contribution in [1.29, 1.82) is 0 Å². The molecule has 0 bridgehead atoms. The molecule has 0 saturated carbocycles. The normalized spacial score (nSPS) is 17.5. The summed E-state index contributed by atoms with van der Waals surface area (Å²) in [5.41, 5.74) is 6.38. The predicted octanol–water partition coefficient (Wildman–Crippen LogP) is 3.02. The van der Waals surface area contributed by atoms with E-state index in [0.29, 0.717) is 56.9 Å². The van der Waals surface area contributed by atoms with E-state index in [1.165, 1.54) is 4.90 Å². The molecule has 1 unspecified atom stereocenters. The SMILES string of the molecule is CC1CCN(C(=O)OCc2ccc(NC(=O)[C@H](CCCNC(N)=O)NC(=O)[C@@H](NC(=O)CCCCCN3C(=O)CC(C)C3=O)C(C)C)cc2)CC1. The standard InChI is InChI=1S/C36H55N7O8/c1-23(2)31(41-29(44)10-6-5-7-18-43-30(45)21-25(4)34(43)48)33(47)40-28(9-8-17-38-35(37)49)32(46)39-27-13-11-26(12-14-27)22-51-36(50)42-19-15-24(3)16-20-42/h11-14,23-25,28,31H,5-10,15-22H2,1-4H3,(H,39,46)(H,40,47)(H,41,44)(H3,37,38,49)/t25?,28-,31-/m0/s1. The summed E-state index contributed by atoms with van der Waals surface area (Å²) in [4.78, 5) is 90.3. The lowest BCUT2D eigenvalue weighted by atomic mass is 10.00. The fraction of sp³-hybridized carbons (Fsp3) is 0.639. The molecule has 1 aromatic carbocycles. The summed E-state index contributed by atoms with van der Waals surface area (Å²) in [6.07, 6.45) is 4.20. The first kappa shape index (κ1) is 40.7. The monoisotopic (exact) mass is 713 g/mol. The molecular weight excluding hydrogens is 658 g/mol. The number of anilines is 1. The Hall–Kier alpha value is -4.69. The van der Waals surface area contributed by atoms with Gasteiger partial charge in [0.25, 0.3) is 0 Å². The molecule has 0 radical (unpaired) electrons. The minimum absolute atomic E-state index is 0.0902. The summed E-state index contributed by atoms with van der Waals surface area (Å²) < 4.78 is 5.47. The van der Waals surface area contributed by atoms with Crippen LogP contribution in [0.25, 0.3) is 0 Å². The van der Waals surface area contributed by atoms with Crippen molar-refractivity contribution in [3.05, 3.63) is 29.8 Å². The molecule has 0 aromatic heterocycles. The van der Waals surface area contributed by atoms with Crippen molar-refractivity contribution >= 4 is 47.3 Å². The molecule has 15 heteroatoms. The summed E-state index contributed by atoms with van der Waals surface area (Å²) in [5, 5.41) is 10.8. The summed E-state index contributed by atoms with van der Waals surface area (Å²) in [5.74, 6) is -1.64. The number of nitrogens with one attached hydrogen (secondary N) is 4. The van der Waals surface area contributed by atoms with Crippen LogP contribution in [0.5, 0.6) is 0 Å². The minimum Gasteiger partial charge on any atom is -0.445 e. The number of nitrogens with two attached hydrogens (primary N) is 1. The van der Waals surface area contributed by atoms with Gasteiger partial charge < -0.3 is 36.6 Å². The van der Waals surface area contributed by atoms with Crippen LogP contribution in [0.4, 0.5) is 15.3 Å². The molecule has 3 atom stereocenters. The first-order valence-electron chi connectivity index (χ1n) is 18.0. The minimum atomic E-state index is -0.989. The third-order valence-electron chi connectivity index (χ3n) is 9.25. The Morgan fingerprint density at radius 3 is 2.22 bits per heavy atom. The second-order valence-corrected chi connectivity index (χ2v) is 14.0. The lowest BCUT2D eigenvalue weighted by Gasteiger charge is -2.29. The van der Waals surface area contributed by atoms with Crippen molar-refractivity contribution in [2.24, 2.45) is 23.5 Å². The van der Waals surface area contributed by atoms with Crippen molar-refractivity contribution in [2.45, 2.75) is 104 Å². The number of amides is 8. The van der Waals surface area contributed by atoms with Gasteiger partial charge >= 0.3 is 12.1 Å². The van der Waals surface area contributed by atoms with Gasteiger partial charge in [-0.15, -0.1) is 0 Å². The number of hydrogen-bond acceptors (Lipinski definition) is 8. The largest absolute Gasteiger partial charge is 0.445 e. The Labute approximate surface area is 300 Å². The van der Waals surface area contributed by atoms with Gasteiger partial charge in [-0.25, -0.2) is 9.59 Å². The molecule has 8 amide bonds. The molecule has 2 aliphatic heterocycles. The molecule has 282 valence electrons. The van der Waals surface area contributed by atoms with Crippen LogP contribution in [-0.4, -0.2) is 89.7 Å². The fourth-order valence-electron chi connectivity index (χ4n) is 5.99. The average Bonchev–Trinajstić information content (AvgIpc) is 3.33. The number of unbranched alkanes of at least 4 members (excludes halogenated alkanes) is 2. The highest BCUT2D eigenvalue weighted by molar-refractivity contribution is 6.03. The second kappa shape index (κ2) is 20.2. The Morgan fingerprint density at radius 1 is 0.922 bits per heavy atom. The molecule has 0 spiro atoms. The van der Waals surface area contributed by atoms with Gasteiger partial charge in [0, 0.05) is 50.6 Å². The Bertz CT molecular complexity index is 1380. The molecule has 2 aliphatic rings. The third-order valence-corrected chi connectivity index (χ3v) is 9.25. The maximum Gasteiger partial charge on any atom is 0.410 e. The number of urea groups is 1. The van der Waals surface area contributed by atoms with Crippen molar-refractivity contribution in [1.82, 2.24) is 25.8 Å². The van der Waals surface area contributed by atoms with Gasteiger partial charge in [-0.2, -0.15) is 0 Å². The highest BCUT2D eigenvalue weighted by Gasteiger charge is 2.35. The van der Waals surface area contributed by atoms with E-state index in [4.69, 9.17) is 10.5 Å². The summed E-state index contributed by atoms with van der Waals surface area (Å²) in [7, 11) is 0. The van der Waals surface area contributed by atoms with Gasteiger partial charge in [0.05, 0.1) is 0 Å². The Morgan fingerprint density at radius 2 is 1.61 bits per heavy atom. The van der Waals surface area contributed by atoms with E-state index in [-0.39, 0.29) is 68.1 Å². The van der Waals surface area contributed by atoms with Gasteiger partial charge in [0.15, 0.2) is 0 Å². The van der Waals surface area contributed by atoms with E-state index < -0.39 is 29.9 Å². The van der Waals surface area contributed by atoms with E-state index in [1.54, 1.807) is 49.9 Å². The van der Waals surface area contributed by atoms with E-state index in [0.717, 1.165) is 18.4 Å². The second-order valence-electron chi connectivity index (χ2n) is 14.0. The van der Waals surface area contributed by atoms with Gasteiger partial charge in [-0.3, -0.25) is 28.9 Å². The van der Waals surface area contributed by atoms with Crippen LogP contribution in [-0.2, 0) is 35.3 Å². The number of primary amides is 1. The molecule has 2 fully saturated rings. The lowest BCUT2D eigenvalue weighted by molar-refractivity contribution is -0.139. The highest BCUT2D eigenvalue weighted by atomic mass is 16.6. The van der Waals surface area contributed by atoms with Crippen LogP contribution >= 0.6 is 0 Å². The molecule has 51 heavy (non-hydrogen) atoms. The van der Waals surface area contributed by atoms with Gasteiger partial charge in [-0.1, -0.05) is 46.2 Å². The molecule has 1 aromatic rings. The van der Waals surface area contributed by atoms with Crippen LogP contribution in [0.15, 0.2) is 24.3 Å². The molecule has 3 rings (SSSR count). The van der Waals surface area contributed by atoms with Gasteiger partial charge in [-0.05, 0) is 68.1 Å². The lowest BCUT2D eigenvalue weighted by Crippen LogP contribution is -2.54. The number of carbonyl (C=O) groups is 7. The molecule has 0 aliphatic carbocycles. The Balaban J connectivity index is 1.51. The fourth-order valence-corrected chi connectivity index (χ4v) is 5.99. The number of benzene rings is 1. The topological polar surface area (TPSA) is 209 Å². The highest BCUT2D eigenvalue weighted by Crippen LogP contribution is 2.20. The van der Waals surface area contributed by atoms with Crippen molar-refractivity contribution in [2.75, 3.05) is 31.5 Å². The summed E-state index contributed by atoms with van der Waals surface area (Å²) in [6, 6.07) is 4.23. The summed E-state index contributed by atoms with van der Waals surface area (Å²) >= 11 is 0. The van der Waals surface area contributed by atoms with Crippen LogP contribution < -0.4 is 27.0 Å². The van der Waals surface area contributed by atoms with E-state index >= 15 is 0 Å². The number of nitrogens with zero attached hydrogens (tertiary/aromatic N) is 2. The molecule has 6 N–H and O–H groups in total. The van der Waals surface area contributed by atoms with Gasteiger partial charge in [0.1, 0.15) is 18.7 Å². The maximum absolute atomic E-state index is 13.4. The van der Waals surface area contributed by atoms with E-state index in [9.17, 15) is 33.6 Å². The zero-order valence-electron chi connectivity index (χ0n) is 30.3. The van der Waals surface area contributed by atoms with Crippen molar-refractivity contribution in [3.63, 3.8) is 0 Å². The predicted molar refractivity (Wildman–Crippen MR) is 190 cm³/mol. The maximum atomic E-state index is 13.4. The van der Waals surface area contributed by atoms with Crippen LogP contribution in [0.3, 0.4) is 0 Å². The molecule has 2 heterocycles. The van der Waals surface area contributed by atoms with Gasteiger partial charge in [0.2, 0.25) is 29.5 Å². The first-order valence-corrected chi connectivity index (χ1v) is 18.0. The van der Waals surface area contributed by atoms with E-state index in [2.05, 4.69) is 28.2 Å². The van der Waals surface area contributed by atoms with E-state index in [1.807, 2.05) is 0 Å². The zero-order valence-corrected chi connectivity index (χ0v) is 30.3. The molecular formula is C36H55N7O8. The molecule has 15 nitrogen and oxygen atoms in total. The number of ether oxygens (including phenoxy) is 1. The van der Waals surface area contributed by atoms with Crippen LogP contribution in [0.2, 0.25) is 0 Å². The van der Waals surface area contributed by atoms with Crippen molar-refractivity contribution in [3.8, 4) is 0 Å². The first-order chi connectivity index (χ1) is 24.2.